The van der Waals surface area contributed by atoms with Crippen LogP contribution in [0.4, 0.5) is 13.2 Å². The van der Waals surface area contributed by atoms with Gasteiger partial charge in [0.15, 0.2) is 0 Å². The summed E-state index contributed by atoms with van der Waals surface area (Å²) >= 11 is 1.50. The second-order valence-electron chi connectivity index (χ2n) is 8.25. The summed E-state index contributed by atoms with van der Waals surface area (Å²) in [7, 11) is 0. The third-order valence-corrected chi connectivity index (χ3v) is 7.34. The Hall–Kier alpha value is -0.870. The predicted molar refractivity (Wildman–Crippen MR) is 105 cm³/mol. The lowest BCUT2D eigenvalue weighted by molar-refractivity contribution is -0.141. The van der Waals surface area contributed by atoms with Crippen LogP contribution >= 0.6 is 11.9 Å². The maximum atomic E-state index is 12.8. The molecule has 0 aliphatic carbocycles. The van der Waals surface area contributed by atoms with E-state index in [0.29, 0.717) is 17.8 Å². The molecular weight excluding hydrogens is 403 g/mol. The van der Waals surface area contributed by atoms with Crippen LogP contribution in [0.2, 0.25) is 0 Å². The summed E-state index contributed by atoms with van der Waals surface area (Å²) in [5, 5.41) is 3.74. The first kappa shape index (κ1) is 21.4. The molecule has 3 aliphatic rings. The van der Waals surface area contributed by atoms with Gasteiger partial charge >= 0.3 is 6.18 Å². The lowest BCUT2D eigenvalue weighted by atomic mass is 9.88. The van der Waals surface area contributed by atoms with Gasteiger partial charge in [-0.3, -0.25) is 0 Å². The molecule has 0 aromatic carbocycles. The molecule has 0 radical (unpaired) electrons. The first-order valence-corrected chi connectivity index (χ1v) is 11.1. The Morgan fingerprint density at radius 1 is 1.17 bits per heavy atom. The van der Waals surface area contributed by atoms with Crippen molar-refractivity contribution in [2.45, 2.75) is 67.8 Å². The first-order chi connectivity index (χ1) is 13.8. The van der Waals surface area contributed by atoms with Crippen molar-refractivity contribution < 1.29 is 22.6 Å². The molecule has 5 nitrogen and oxygen atoms in total. The second-order valence-corrected chi connectivity index (χ2v) is 9.39. The minimum Gasteiger partial charge on any atom is -0.381 e. The SMILES string of the molecule is Cc1nc(C(F)(F)F)ccc1SN1CCC2(CC1)CC(NC1CCOCC1)CO2. The molecular formula is C20H28F3N3O2S. The van der Waals surface area contributed by atoms with E-state index in [1.165, 1.54) is 18.0 Å². The fraction of sp³-hybridized carbons (Fsp3) is 0.750. The molecule has 0 saturated carbocycles. The summed E-state index contributed by atoms with van der Waals surface area (Å²) in [6, 6.07) is 3.52. The molecule has 3 fully saturated rings. The largest absolute Gasteiger partial charge is 0.433 e. The molecule has 29 heavy (non-hydrogen) atoms. The van der Waals surface area contributed by atoms with Gasteiger partial charge in [0.1, 0.15) is 5.69 Å². The van der Waals surface area contributed by atoms with Gasteiger partial charge in [-0.15, -0.1) is 0 Å². The average Bonchev–Trinajstić information content (AvgIpc) is 3.07. The van der Waals surface area contributed by atoms with Crippen molar-refractivity contribution >= 4 is 11.9 Å². The Bertz CT molecular complexity index is 705. The molecule has 1 aromatic heterocycles. The summed E-state index contributed by atoms with van der Waals surface area (Å²) in [6.07, 6.45) is 0.644. The van der Waals surface area contributed by atoms with E-state index in [1.807, 2.05) is 0 Å². The highest BCUT2D eigenvalue weighted by atomic mass is 32.2. The summed E-state index contributed by atoms with van der Waals surface area (Å²) in [4.78, 5) is 4.51. The molecule has 162 valence electrons. The molecule has 9 heteroatoms. The minimum absolute atomic E-state index is 0.0622. The first-order valence-electron chi connectivity index (χ1n) is 10.3. The minimum atomic E-state index is -4.40. The summed E-state index contributed by atoms with van der Waals surface area (Å²) < 4.78 is 52.3. The number of aryl methyl sites for hydroxylation is 1. The van der Waals surface area contributed by atoms with Crippen LogP contribution in [0.1, 0.15) is 43.5 Å². The molecule has 1 unspecified atom stereocenters. The standard InChI is InChI=1S/C20H28F3N3O2S/c1-14-17(2-3-18(24-14)20(21,22)23)29-26-8-6-19(7-9-26)12-16(13-28-19)25-15-4-10-27-11-5-15/h2-3,15-16,25H,4-13H2,1H3. The summed E-state index contributed by atoms with van der Waals surface area (Å²) in [6.45, 7) is 5.77. The van der Waals surface area contributed by atoms with Crippen LogP contribution in [0, 0.1) is 6.92 Å². The molecule has 4 rings (SSSR count). The third-order valence-electron chi connectivity index (χ3n) is 6.09. The normalized spacial score (nSPS) is 26.3. The number of nitrogens with one attached hydrogen (secondary N) is 1. The summed E-state index contributed by atoms with van der Waals surface area (Å²) in [5.74, 6) is 0. The number of ether oxygens (including phenoxy) is 2. The molecule has 0 amide bonds. The molecule has 1 atom stereocenters. The van der Waals surface area contributed by atoms with E-state index < -0.39 is 11.9 Å². The van der Waals surface area contributed by atoms with Gasteiger partial charge in [-0.05, 0) is 63.1 Å². The Balaban J connectivity index is 1.27. The Morgan fingerprint density at radius 3 is 2.55 bits per heavy atom. The van der Waals surface area contributed by atoms with Crippen LogP contribution in [0.25, 0.3) is 0 Å². The van der Waals surface area contributed by atoms with Crippen LogP contribution in [0.3, 0.4) is 0 Å². The van der Waals surface area contributed by atoms with Crippen LogP contribution in [-0.2, 0) is 15.7 Å². The summed E-state index contributed by atoms with van der Waals surface area (Å²) in [5.41, 5.74) is -0.477. The maximum Gasteiger partial charge on any atom is 0.433 e. The van der Waals surface area contributed by atoms with Gasteiger partial charge in [0.2, 0.25) is 0 Å². The smallest absolute Gasteiger partial charge is 0.381 e. The highest BCUT2D eigenvalue weighted by Gasteiger charge is 2.43. The number of alkyl halides is 3. The molecule has 1 spiro atoms. The highest BCUT2D eigenvalue weighted by molar-refractivity contribution is 7.97. The van der Waals surface area contributed by atoms with Crippen molar-refractivity contribution in [2.24, 2.45) is 0 Å². The lowest BCUT2D eigenvalue weighted by Gasteiger charge is -2.38. The van der Waals surface area contributed by atoms with E-state index in [1.54, 1.807) is 6.92 Å². The zero-order valence-electron chi connectivity index (χ0n) is 16.6. The average molecular weight is 432 g/mol. The molecule has 0 bridgehead atoms. The molecule has 4 heterocycles. The number of pyridine rings is 1. The zero-order valence-corrected chi connectivity index (χ0v) is 17.5. The number of nitrogens with zero attached hydrogens (tertiary/aromatic N) is 2. The maximum absolute atomic E-state index is 12.8. The van der Waals surface area contributed by atoms with Crippen molar-refractivity contribution in [3.05, 3.63) is 23.5 Å². The number of aromatic nitrogens is 1. The Kier molecular flexibility index (Phi) is 6.41. The molecule has 3 aliphatic heterocycles. The van der Waals surface area contributed by atoms with Gasteiger partial charge in [-0.2, -0.15) is 13.2 Å². The van der Waals surface area contributed by atoms with E-state index >= 15 is 0 Å². The zero-order chi connectivity index (χ0) is 20.5. The van der Waals surface area contributed by atoms with Gasteiger partial charge in [0, 0.05) is 43.3 Å². The number of hydrogen-bond donors (Lipinski definition) is 1. The van der Waals surface area contributed by atoms with E-state index in [2.05, 4.69) is 14.6 Å². The number of halogens is 3. The van der Waals surface area contributed by atoms with Gasteiger partial charge in [-0.25, -0.2) is 9.29 Å². The Labute approximate surface area is 173 Å². The molecule has 3 saturated heterocycles. The number of piperidine rings is 1. The van der Waals surface area contributed by atoms with Crippen molar-refractivity contribution in [3.8, 4) is 0 Å². The highest BCUT2D eigenvalue weighted by Crippen LogP contribution is 2.39. The van der Waals surface area contributed by atoms with E-state index in [9.17, 15) is 13.2 Å². The third kappa shape index (κ3) is 5.25. The van der Waals surface area contributed by atoms with Gasteiger partial charge < -0.3 is 14.8 Å². The van der Waals surface area contributed by atoms with E-state index in [0.717, 1.165) is 76.0 Å². The fourth-order valence-corrected chi connectivity index (χ4v) is 5.37. The molecule has 1 N–H and O–H groups in total. The van der Waals surface area contributed by atoms with Gasteiger partial charge in [-0.1, -0.05) is 0 Å². The van der Waals surface area contributed by atoms with Crippen molar-refractivity contribution in [3.63, 3.8) is 0 Å². The van der Waals surface area contributed by atoms with Crippen LogP contribution in [-0.4, -0.2) is 59.9 Å². The lowest BCUT2D eigenvalue weighted by Crippen LogP contribution is -2.44. The van der Waals surface area contributed by atoms with Crippen LogP contribution < -0.4 is 5.32 Å². The molecule has 1 aromatic rings. The number of rotatable bonds is 4. The van der Waals surface area contributed by atoms with Crippen molar-refractivity contribution in [1.29, 1.82) is 0 Å². The Morgan fingerprint density at radius 2 is 1.90 bits per heavy atom. The van der Waals surface area contributed by atoms with E-state index in [4.69, 9.17) is 9.47 Å². The monoisotopic (exact) mass is 431 g/mol. The predicted octanol–water partition coefficient (Wildman–Crippen LogP) is 3.81. The van der Waals surface area contributed by atoms with Gasteiger partial charge in [0.05, 0.1) is 17.9 Å². The van der Waals surface area contributed by atoms with E-state index in [-0.39, 0.29) is 5.60 Å². The van der Waals surface area contributed by atoms with Crippen LogP contribution in [0.15, 0.2) is 17.0 Å². The van der Waals surface area contributed by atoms with Crippen molar-refractivity contribution in [2.75, 3.05) is 32.9 Å². The van der Waals surface area contributed by atoms with Crippen LogP contribution in [0.5, 0.6) is 0 Å². The fourth-order valence-electron chi connectivity index (χ4n) is 4.42. The second kappa shape index (κ2) is 8.70. The topological polar surface area (TPSA) is 46.6 Å². The quantitative estimate of drug-likeness (QED) is 0.732. The number of hydrogen-bond acceptors (Lipinski definition) is 6. The van der Waals surface area contributed by atoms with Crippen molar-refractivity contribution in [1.82, 2.24) is 14.6 Å². The van der Waals surface area contributed by atoms with Gasteiger partial charge in [0.25, 0.3) is 0 Å².